The van der Waals surface area contributed by atoms with E-state index in [2.05, 4.69) is 16.4 Å². The maximum Gasteiger partial charge on any atom is 0.508 e. The van der Waals surface area contributed by atoms with Crippen molar-refractivity contribution in [1.29, 1.82) is 0 Å². The van der Waals surface area contributed by atoms with Crippen LogP contribution in [0, 0.1) is 6.92 Å². The highest BCUT2D eigenvalue weighted by Crippen LogP contribution is 2.04. The number of hydrogen-bond donors (Lipinski definition) is 0. The Bertz CT molecular complexity index is 139. The van der Waals surface area contributed by atoms with Gasteiger partial charge < -0.3 is 9.47 Å². The Labute approximate surface area is 59.1 Å². The van der Waals surface area contributed by atoms with Crippen molar-refractivity contribution in [3.8, 4) is 0 Å². The van der Waals surface area contributed by atoms with Crippen LogP contribution in [0.5, 0.6) is 0 Å². The maximum absolute atomic E-state index is 10.3. The second-order valence-electron chi connectivity index (χ2n) is 1.89. The topological polar surface area (TPSA) is 52.6 Å². The highest BCUT2D eigenvalue weighted by molar-refractivity contribution is 5.70. The number of ether oxygens (including phenoxy) is 2. The molecule has 10 heavy (non-hydrogen) atoms. The number of carbonyl (C=O) groups excluding carboxylic acids is 2. The van der Waals surface area contributed by atoms with Crippen molar-refractivity contribution >= 4 is 12.4 Å². The van der Waals surface area contributed by atoms with Gasteiger partial charge in [-0.05, 0) is 13.8 Å². The first kappa shape index (κ1) is 8.94. The Balaban J connectivity index is 3.88. The van der Waals surface area contributed by atoms with Crippen molar-refractivity contribution in [2.45, 2.75) is 12.5 Å². The minimum atomic E-state index is -1.47. The third kappa shape index (κ3) is 3.06. The van der Waals surface area contributed by atoms with Crippen molar-refractivity contribution in [1.82, 2.24) is 0 Å². The van der Waals surface area contributed by atoms with Crippen molar-refractivity contribution < 1.29 is 19.1 Å². The van der Waals surface area contributed by atoms with Crippen LogP contribution in [0.1, 0.15) is 6.92 Å². The van der Waals surface area contributed by atoms with Crippen molar-refractivity contribution in [2.24, 2.45) is 0 Å². The molecule has 0 saturated carbocycles. The van der Waals surface area contributed by atoms with Gasteiger partial charge in [0.2, 0.25) is 6.29 Å². The third-order valence-electron chi connectivity index (χ3n) is 0.691. The summed E-state index contributed by atoms with van der Waals surface area (Å²) in [6.45, 7) is 4.53. The van der Waals surface area contributed by atoms with E-state index >= 15 is 0 Å². The molecule has 0 bridgehead atoms. The quantitative estimate of drug-likeness (QED) is 0.528. The highest BCUT2D eigenvalue weighted by atomic mass is 16.7. The first-order valence-electron chi connectivity index (χ1n) is 2.53. The summed E-state index contributed by atoms with van der Waals surface area (Å²) in [7, 11) is 1.14. The Kier molecular flexibility index (Phi) is 2.86. The van der Waals surface area contributed by atoms with E-state index in [4.69, 9.17) is 0 Å². The van der Waals surface area contributed by atoms with Gasteiger partial charge >= 0.3 is 6.16 Å². The summed E-state index contributed by atoms with van der Waals surface area (Å²) < 4.78 is 8.45. The molecule has 0 rings (SSSR count). The van der Waals surface area contributed by atoms with E-state index in [1.165, 1.54) is 13.2 Å². The molecule has 0 aliphatic rings. The lowest BCUT2D eigenvalue weighted by Gasteiger charge is -2.14. The fourth-order valence-electron chi connectivity index (χ4n) is 0.246. The lowest BCUT2D eigenvalue weighted by Crippen LogP contribution is -2.29. The second-order valence-corrected chi connectivity index (χ2v) is 1.89. The van der Waals surface area contributed by atoms with Crippen LogP contribution in [0.15, 0.2) is 0 Å². The average Bonchev–Trinajstić information content (AvgIpc) is 1.87. The normalized spacial score (nSPS) is 10.3. The molecule has 56 valence electrons. The fourth-order valence-corrected chi connectivity index (χ4v) is 0.246. The monoisotopic (exact) mass is 144 g/mol. The van der Waals surface area contributed by atoms with E-state index in [0.717, 1.165) is 7.11 Å². The summed E-state index contributed by atoms with van der Waals surface area (Å²) in [4.78, 5) is 20.3. The Hall–Kier alpha value is -1.06. The third-order valence-corrected chi connectivity index (χ3v) is 0.691. The van der Waals surface area contributed by atoms with Gasteiger partial charge in [0, 0.05) is 0 Å². The van der Waals surface area contributed by atoms with Crippen LogP contribution >= 0.6 is 0 Å². The van der Waals surface area contributed by atoms with Crippen LogP contribution in [0.4, 0.5) is 4.79 Å². The van der Waals surface area contributed by atoms with Crippen LogP contribution in [-0.2, 0) is 14.3 Å². The molecule has 0 amide bonds. The molecular weight excluding hydrogens is 136 g/mol. The second kappa shape index (κ2) is 3.20. The molecule has 0 aromatic rings. The van der Waals surface area contributed by atoms with Crippen LogP contribution in [0.2, 0.25) is 0 Å². The van der Waals surface area contributed by atoms with Gasteiger partial charge in [0.05, 0.1) is 7.11 Å². The van der Waals surface area contributed by atoms with E-state index in [1.54, 1.807) is 0 Å². The van der Waals surface area contributed by atoms with Gasteiger partial charge in [-0.2, -0.15) is 0 Å². The summed E-state index contributed by atoms with van der Waals surface area (Å²) >= 11 is 0. The Morgan fingerprint density at radius 2 is 2.20 bits per heavy atom. The predicted molar refractivity (Wildman–Crippen MR) is 32.9 cm³/mol. The molecule has 0 aromatic heterocycles. The van der Waals surface area contributed by atoms with Crippen LogP contribution in [0.3, 0.4) is 0 Å². The predicted octanol–water partition coefficient (Wildman–Crippen LogP) is 0.472. The number of rotatable bonds is 2. The van der Waals surface area contributed by atoms with Gasteiger partial charge in [-0.3, -0.25) is 4.79 Å². The Morgan fingerprint density at radius 1 is 1.70 bits per heavy atom. The lowest BCUT2D eigenvalue weighted by atomic mass is 10.2. The zero-order chi connectivity index (χ0) is 8.20. The van der Waals surface area contributed by atoms with E-state index in [-0.39, 0.29) is 0 Å². The van der Waals surface area contributed by atoms with Crippen molar-refractivity contribution in [2.75, 3.05) is 7.11 Å². The number of methoxy groups -OCH3 is 1. The molecule has 1 unspecified atom stereocenters. The van der Waals surface area contributed by atoms with Gasteiger partial charge in [-0.1, -0.05) is 0 Å². The van der Waals surface area contributed by atoms with Crippen LogP contribution < -0.4 is 0 Å². The first-order valence-corrected chi connectivity index (χ1v) is 2.53. The largest absolute Gasteiger partial charge is 0.508 e. The van der Waals surface area contributed by atoms with Gasteiger partial charge in [0.1, 0.15) is 0 Å². The summed E-state index contributed by atoms with van der Waals surface area (Å²) in [5, 5.41) is 0. The minimum absolute atomic E-state index is 0.944. The van der Waals surface area contributed by atoms with Crippen LogP contribution in [-0.4, -0.2) is 25.2 Å². The SMILES string of the molecule is [CH2]C(C)([C]=O)OC(=O)OC. The standard InChI is InChI=1S/C6H8O4/c1-6(2,4-7)10-5(8)9-3/h1H2,2-3H3. The molecule has 0 fully saturated rings. The average molecular weight is 144 g/mol. The fraction of sp³-hybridized carbons (Fsp3) is 0.500. The summed E-state index contributed by atoms with van der Waals surface area (Å²) in [6.07, 6.45) is 0.479. The smallest absolute Gasteiger partial charge is 0.438 e. The molecule has 0 N–H and O–H groups in total. The molecule has 1 atom stereocenters. The molecule has 0 aliphatic heterocycles. The van der Waals surface area contributed by atoms with Gasteiger partial charge in [0.25, 0.3) is 0 Å². The van der Waals surface area contributed by atoms with Crippen molar-refractivity contribution in [3.63, 3.8) is 0 Å². The molecule has 0 saturated heterocycles. The molecule has 0 aromatic carbocycles. The van der Waals surface area contributed by atoms with Gasteiger partial charge in [-0.15, -0.1) is 0 Å². The summed E-state index contributed by atoms with van der Waals surface area (Å²) in [5.41, 5.74) is -1.47. The van der Waals surface area contributed by atoms with E-state index in [1.807, 2.05) is 0 Å². The number of hydrogen-bond acceptors (Lipinski definition) is 4. The molecule has 0 spiro atoms. The Morgan fingerprint density at radius 3 is 2.50 bits per heavy atom. The zero-order valence-electron chi connectivity index (χ0n) is 5.84. The maximum atomic E-state index is 10.3. The lowest BCUT2D eigenvalue weighted by molar-refractivity contribution is 0.0358. The van der Waals surface area contributed by atoms with E-state index in [9.17, 15) is 9.59 Å². The van der Waals surface area contributed by atoms with Gasteiger partial charge in [0.15, 0.2) is 5.60 Å². The summed E-state index contributed by atoms with van der Waals surface area (Å²) in [5.74, 6) is 0. The first-order chi connectivity index (χ1) is 4.52. The molecule has 0 heterocycles. The molecular formula is C6H8O4. The highest BCUT2D eigenvalue weighted by Gasteiger charge is 2.23. The zero-order valence-corrected chi connectivity index (χ0v) is 5.84. The van der Waals surface area contributed by atoms with Gasteiger partial charge in [-0.25, -0.2) is 4.79 Å². The molecule has 4 nitrogen and oxygen atoms in total. The minimum Gasteiger partial charge on any atom is -0.438 e. The summed E-state index contributed by atoms with van der Waals surface area (Å²) in [6, 6.07) is 0. The molecule has 2 radical (unpaired) electrons. The molecule has 4 heteroatoms. The van der Waals surface area contributed by atoms with Crippen LogP contribution in [0.25, 0.3) is 0 Å². The van der Waals surface area contributed by atoms with E-state index in [0.29, 0.717) is 0 Å². The van der Waals surface area contributed by atoms with E-state index < -0.39 is 11.8 Å². The number of carbonyl (C=O) groups is 1. The molecule has 0 aliphatic carbocycles. The van der Waals surface area contributed by atoms with Crippen molar-refractivity contribution in [3.05, 3.63) is 6.92 Å².